The van der Waals surface area contributed by atoms with E-state index in [9.17, 15) is 9.00 Å². The first-order valence-electron chi connectivity index (χ1n) is 6.30. The fraction of sp³-hybridized carbons (Fsp3) is 0.500. The van der Waals surface area contributed by atoms with Crippen LogP contribution in [0, 0.1) is 0 Å². The summed E-state index contributed by atoms with van der Waals surface area (Å²) in [7, 11) is -0.865. The summed E-state index contributed by atoms with van der Waals surface area (Å²) in [5, 5.41) is 2.88. The van der Waals surface area contributed by atoms with Crippen molar-refractivity contribution in [1.82, 2.24) is 5.32 Å². The molecule has 0 saturated carbocycles. The molecule has 1 aromatic rings. The summed E-state index contributed by atoms with van der Waals surface area (Å²) >= 11 is 0. The van der Waals surface area contributed by atoms with E-state index < -0.39 is 16.3 Å². The Balaban J connectivity index is 2.56. The Kier molecular flexibility index (Phi) is 5.69. The highest BCUT2D eigenvalue weighted by Gasteiger charge is 2.29. The van der Waals surface area contributed by atoms with Gasteiger partial charge in [-0.25, -0.2) is 0 Å². The van der Waals surface area contributed by atoms with E-state index in [2.05, 4.69) is 5.32 Å². The Labute approximate surface area is 117 Å². The minimum Gasteiger partial charge on any atom is -0.354 e. The number of nitrogens with one attached hydrogen (secondary N) is 1. The maximum absolute atomic E-state index is 12.1. The van der Waals surface area contributed by atoms with Crippen molar-refractivity contribution in [3.05, 3.63) is 35.9 Å². The number of carbonyl (C=O) groups excluding carboxylic acids is 1. The van der Waals surface area contributed by atoms with Crippen molar-refractivity contribution in [2.24, 2.45) is 5.73 Å². The second-order valence-electron chi connectivity index (χ2n) is 4.92. The predicted octanol–water partition coefficient (Wildman–Crippen LogP) is 1.13. The molecule has 0 bridgehead atoms. The zero-order chi connectivity index (χ0) is 14.5. The van der Waals surface area contributed by atoms with Gasteiger partial charge < -0.3 is 11.1 Å². The summed E-state index contributed by atoms with van der Waals surface area (Å²) in [6, 6.07) is 9.27. The van der Waals surface area contributed by atoms with Gasteiger partial charge in [-0.3, -0.25) is 9.00 Å². The Bertz CT molecular complexity index is 446. The lowest BCUT2D eigenvalue weighted by Gasteiger charge is -2.24. The molecule has 1 aromatic carbocycles. The van der Waals surface area contributed by atoms with Gasteiger partial charge in [-0.05, 0) is 18.9 Å². The molecule has 3 unspecified atom stereocenters. The first-order valence-corrected chi connectivity index (χ1v) is 7.92. The second kappa shape index (κ2) is 6.82. The van der Waals surface area contributed by atoms with E-state index in [-0.39, 0.29) is 11.2 Å². The number of hydrogen-bond acceptors (Lipinski definition) is 3. The van der Waals surface area contributed by atoms with Crippen LogP contribution in [0.25, 0.3) is 0 Å². The highest BCUT2D eigenvalue weighted by Crippen LogP contribution is 2.17. The number of rotatable bonds is 6. The minimum atomic E-state index is -1.05. The van der Waals surface area contributed by atoms with Crippen molar-refractivity contribution in [2.45, 2.75) is 31.1 Å². The van der Waals surface area contributed by atoms with E-state index in [4.69, 9.17) is 5.73 Å². The first kappa shape index (κ1) is 15.9. The van der Waals surface area contributed by atoms with Crippen molar-refractivity contribution in [3.63, 3.8) is 0 Å². The van der Waals surface area contributed by atoms with Crippen molar-refractivity contribution in [3.8, 4) is 0 Å². The van der Waals surface area contributed by atoms with Crippen LogP contribution in [0.4, 0.5) is 0 Å². The molecule has 0 heterocycles. The maximum atomic E-state index is 12.1. The molecule has 3 N–H and O–H groups in total. The lowest BCUT2D eigenvalue weighted by atomic mass is 9.92. The fourth-order valence-electron chi connectivity index (χ4n) is 1.65. The van der Waals surface area contributed by atoms with Crippen LogP contribution in [0.5, 0.6) is 0 Å². The molecule has 3 atom stereocenters. The number of hydrogen-bond donors (Lipinski definition) is 2. The van der Waals surface area contributed by atoms with E-state index in [0.717, 1.165) is 5.56 Å². The van der Waals surface area contributed by atoms with Gasteiger partial charge >= 0.3 is 0 Å². The molecule has 4 nitrogen and oxygen atoms in total. The molecule has 0 saturated heterocycles. The highest BCUT2D eigenvalue weighted by molar-refractivity contribution is 7.84. The van der Waals surface area contributed by atoms with E-state index in [1.807, 2.05) is 37.3 Å². The number of amides is 1. The predicted molar refractivity (Wildman–Crippen MR) is 79.1 cm³/mol. The lowest BCUT2D eigenvalue weighted by molar-refractivity contribution is -0.126. The molecule has 0 aliphatic rings. The van der Waals surface area contributed by atoms with Gasteiger partial charge in [-0.1, -0.05) is 37.3 Å². The Morgan fingerprint density at radius 1 is 1.42 bits per heavy atom. The Hall–Kier alpha value is -1.20. The molecular formula is C14H22N2O2S. The van der Waals surface area contributed by atoms with Gasteiger partial charge in [-0.2, -0.15) is 0 Å². The van der Waals surface area contributed by atoms with E-state index >= 15 is 0 Å². The molecule has 1 rings (SSSR count). The Morgan fingerprint density at radius 2 is 2.00 bits per heavy atom. The van der Waals surface area contributed by atoms with Crippen LogP contribution in [0.2, 0.25) is 0 Å². The number of carbonyl (C=O) groups is 1. The van der Waals surface area contributed by atoms with Crippen molar-refractivity contribution in [2.75, 3.05) is 12.8 Å². The molecule has 0 spiro atoms. The van der Waals surface area contributed by atoms with Gasteiger partial charge in [0.1, 0.15) is 5.54 Å². The van der Waals surface area contributed by atoms with Gasteiger partial charge in [0, 0.05) is 28.9 Å². The van der Waals surface area contributed by atoms with Crippen molar-refractivity contribution in [1.29, 1.82) is 0 Å². The van der Waals surface area contributed by atoms with E-state index in [0.29, 0.717) is 13.0 Å². The van der Waals surface area contributed by atoms with Crippen LogP contribution in [-0.2, 0) is 21.1 Å². The van der Waals surface area contributed by atoms with Gasteiger partial charge in [-0.15, -0.1) is 0 Å². The van der Waals surface area contributed by atoms with Crippen LogP contribution in [0.3, 0.4) is 0 Å². The van der Waals surface area contributed by atoms with Gasteiger partial charge in [0.05, 0.1) is 0 Å². The zero-order valence-corrected chi connectivity index (χ0v) is 12.5. The average Bonchev–Trinajstić information content (AvgIpc) is 2.39. The van der Waals surface area contributed by atoms with Gasteiger partial charge in [0.15, 0.2) is 0 Å². The Morgan fingerprint density at radius 3 is 2.53 bits per heavy atom. The van der Waals surface area contributed by atoms with Crippen LogP contribution in [0.15, 0.2) is 30.3 Å². The lowest BCUT2D eigenvalue weighted by Crippen LogP contribution is -2.49. The topological polar surface area (TPSA) is 72.2 Å². The molecule has 19 heavy (non-hydrogen) atoms. The van der Waals surface area contributed by atoms with Gasteiger partial charge in [0.25, 0.3) is 0 Å². The molecule has 0 radical (unpaired) electrons. The summed E-state index contributed by atoms with van der Waals surface area (Å²) < 4.78 is 11.2. The fourth-order valence-corrected chi connectivity index (χ4v) is 2.10. The molecule has 106 valence electrons. The van der Waals surface area contributed by atoms with Crippen LogP contribution in [-0.4, -0.2) is 28.2 Å². The quantitative estimate of drug-likeness (QED) is 0.821. The average molecular weight is 282 g/mol. The second-order valence-corrected chi connectivity index (χ2v) is 6.72. The maximum Gasteiger partial charge on any atom is 0.244 e. The normalized spacial score (nSPS) is 17.3. The van der Waals surface area contributed by atoms with E-state index in [1.165, 1.54) is 0 Å². The summed E-state index contributed by atoms with van der Waals surface area (Å²) in [6.45, 7) is 4.08. The SMILES string of the molecule is CC(CCNC(=O)C(C)(N)c1ccccc1)S(C)=O. The standard InChI is InChI=1S/C14H22N2O2S/c1-11(19(3)18)9-10-16-13(17)14(2,15)12-7-5-4-6-8-12/h4-8,11H,9-10,15H2,1-3H3,(H,16,17). The molecular weight excluding hydrogens is 260 g/mol. The molecule has 0 fully saturated rings. The van der Waals surface area contributed by atoms with Crippen molar-refractivity contribution >= 4 is 16.7 Å². The molecule has 0 aliphatic carbocycles. The number of nitrogens with two attached hydrogens (primary N) is 1. The van der Waals surface area contributed by atoms with Gasteiger partial charge in [0.2, 0.25) is 5.91 Å². The zero-order valence-electron chi connectivity index (χ0n) is 11.7. The minimum absolute atomic E-state index is 0.0704. The third-order valence-electron chi connectivity index (χ3n) is 3.25. The van der Waals surface area contributed by atoms with Crippen LogP contribution in [0.1, 0.15) is 25.8 Å². The highest BCUT2D eigenvalue weighted by atomic mass is 32.2. The third-order valence-corrected chi connectivity index (χ3v) is 4.62. The third kappa shape index (κ3) is 4.44. The molecule has 1 amide bonds. The summed E-state index contributed by atoms with van der Waals surface area (Å²) in [6.07, 6.45) is 2.35. The smallest absolute Gasteiger partial charge is 0.244 e. The first-order chi connectivity index (χ1) is 8.85. The van der Waals surface area contributed by atoms with Crippen LogP contribution < -0.4 is 11.1 Å². The van der Waals surface area contributed by atoms with E-state index in [1.54, 1.807) is 13.2 Å². The summed E-state index contributed by atoms with van der Waals surface area (Å²) in [5.74, 6) is -0.215. The van der Waals surface area contributed by atoms with Crippen LogP contribution >= 0.6 is 0 Å². The number of benzene rings is 1. The monoisotopic (exact) mass is 282 g/mol. The largest absolute Gasteiger partial charge is 0.354 e. The summed E-state index contributed by atoms with van der Waals surface area (Å²) in [4.78, 5) is 12.1. The summed E-state index contributed by atoms with van der Waals surface area (Å²) in [5.41, 5.74) is 5.82. The molecule has 0 aromatic heterocycles. The molecule has 5 heteroatoms. The molecule has 0 aliphatic heterocycles. The van der Waals surface area contributed by atoms with Crippen molar-refractivity contribution < 1.29 is 9.00 Å².